The average Bonchev–Trinajstić information content (AvgIpc) is 1.94. The van der Waals surface area contributed by atoms with Crippen LogP contribution in [0, 0.1) is 0 Å². The van der Waals surface area contributed by atoms with E-state index in [2.05, 4.69) is 10.6 Å². The van der Waals surface area contributed by atoms with E-state index in [1.807, 2.05) is 27.7 Å². The van der Waals surface area contributed by atoms with Crippen LogP contribution >= 0.6 is 12.4 Å². The number of rotatable bonds is 1. The van der Waals surface area contributed by atoms with E-state index >= 15 is 0 Å². The molecule has 14 heavy (non-hydrogen) atoms. The van der Waals surface area contributed by atoms with Crippen LogP contribution in [0.2, 0.25) is 0 Å². The molecule has 2 unspecified atom stereocenters. The van der Waals surface area contributed by atoms with Gasteiger partial charge in [0.15, 0.2) is 0 Å². The Balaban J connectivity index is 0.00000169. The minimum absolute atomic E-state index is 0. The fourth-order valence-electron chi connectivity index (χ4n) is 1.11. The molecular weight excluding hydrogens is 204 g/mol. The highest BCUT2D eigenvalue weighted by Gasteiger charge is 2.29. The highest BCUT2D eigenvalue weighted by molar-refractivity contribution is 5.85. The zero-order chi connectivity index (χ0) is 10.1. The molecule has 0 aromatic carbocycles. The van der Waals surface area contributed by atoms with Crippen molar-refractivity contribution in [3.8, 4) is 0 Å². The summed E-state index contributed by atoms with van der Waals surface area (Å²) in [5.74, 6) is 0. The van der Waals surface area contributed by atoms with Gasteiger partial charge >= 0.3 is 6.09 Å². The van der Waals surface area contributed by atoms with Crippen molar-refractivity contribution in [3.05, 3.63) is 0 Å². The summed E-state index contributed by atoms with van der Waals surface area (Å²) in [5, 5.41) is 5.96. The zero-order valence-corrected chi connectivity index (χ0v) is 9.90. The quantitative estimate of drug-likeness (QED) is 0.703. The van der Waals surface area contributed by atoms with Crippen molar-refractivity contribution in [1.29, 1.82) is 0 Å². The van der Waals surface area contributed by atoms with Gasteiger partial charge in [0.05, 0.1) is 6.04 Å². The van der Waals surface area contributed by atoms with Crippen LogP contribution in [0.15, 0.2) is 0 Å². The lowest BCUT2D eigenvalue weighted by Crippen LogP contribution is -2.63. The molecule has 2 atom stereocenters. The normalized spacial score (nSPS) is 25.7. The average molecular weight is 223 g/mol. The van der Waals surface area contributed by atoms with Crippen molar-refractivity contribution in [3.63, 3.8) is 0 Å². The summed E-state index contributed by atoms with van der Waals surface area (Å²) in [6.07, 6.45) is -0.328. The van der Waals surface area contributed by atoms with Gasteiger partial charge in [-0.25, -0.2) is 4.79 Å². The molecule has 4 nitrogen and oxygen atoms in total. The number of nitrogens with one attached hydrogen (secondary N) is 2. The molecule has 1 fully saturated rings. The lowest BCUT2D eigenvalue weighted by molar-refractivity contribution is 0.0468. The lowest BCUT2D eigenvalue weighted by atomic mass is 10.0. The van der Waals surface area contributed by atoms with Gasteiger partial charge in [0.1, 0.15) is 5.60 Å². The van der Waals surface area contributed by atoms with Crippen LogP contribution in [0.4, 0.5) is 4.79 Å². The van der Waals surface area contributed by atoms with E-state index in [4.69, 9.17) is 4.74 Å². The summed E-state index contributed by atoms with van der Waals surface area (Å²) < 4.78 is 5.11. The maximum atomic E-state index is 11.2. The molecule has 0 bridgehead atoms. The van der Waals surface area contributed by atoms with Crippen molar-refractivity contribution >= 4 is 18.5 Å². The smallest absolute Gasteiger partial charge is 0.407 e. The summed E-state index contributed by atoms with van der Waals surface area (Å²) >= 11 is 0. The first-order chi connectivity index (χ1) is 5.88. The SMILES string of the molecule is CC1NCC1NC(=O)OC(C)(C)C.Cl. The predicted octanol–water partition coefficient (Wildman–Crippen LogP) is 1.29. The number of carbonyl (C=O) groups excluding carboxylic acids is 1. The monoisotopic (exact) mass is 222 g/mol. The molecule has 0 aliphatic carbocycles. The topological polar surface area (TPSA) is 50.4 Å². The first kappa shape index (κ1) is 13.5. The van der Waals surface area contributed by atoms with E-state index < -0.39 is 5.60 Å². The number of ether oxygens (including phenoxy) is 1. The number of halogens is 1. The van der Waals surface area contributed by atoms with Crippen molar-refractivity contribution in [2.75, 3.05) is 6.54 Å². The number of amides is 1. The molecule has 1 rings (SSSR count). The van der Waals surface area contributed by atoms with E-state index in [0.29, 0.717) is 6.04 Å². The van der Waals surface area contributed by atoms with Crippen LogP contribution in [0.3, 0.4) is 0 Å². The van der Waals surface area contributed by atoms with Gasteiger partial charge in [-0.15, -0.1) is 12.4 Å². The fraction of sp³-hybridized carbons (Fsp3) is 0.889. The molecule has 0 radical (unpaired) electrons. The Morgan fingerprint density at radius 1 is 1.50 bits per heavy atom. The Labute approximate surface area is 91.2 Å². The van der Waals surface area contributed by atoms with Gasteiger partial charge in [0.25, 0.3) is 0 Å². The van der Waals surface area contributed by atoms with Crippen LogP contribution < -0.4 is 10.6 Å². The van der Waals surface area contributed by atoms with Crippen molar-refractivity contribution in [2.24, 2.45) is 0 Å². The molecule has 1 saturated heterocycles. The van der Waals surface area contributed by atoms with Gasteiger partial charge in [-0.1, -0.05) is 0 Å². The largest absolute Gasteiger partial charge is 0.444 e. The molecule has 0 spiro atoms. The van der Waals surface area contributed by atoms with E-state index in [9.17, 15) is 4.79 Å². The highest BCUT2D eigenvalue weighted by atomic mass is 35.5. The lowest BCUT2D eigenvalue weighted by Gasteiger charge is -2.36. The Bertz CT molecular complexity index is 203. The fourth-order valence-corrected chi connectivity index (χ4v) is 1.11. The molecule has 1 aliphatic rings. The van der Waals surface area contributed by atoms with Crippen LogP contribution in [-0.4, -0.2) is 30.3 Å². The Morgan fingerprint density at radius 2 is 2.07 bits per heavy atom. The van der Waals surface area contributed by atoms with Gasteiger partial charge in [-0.3, -0.25) is 0 Å². The molecule has 0 aromatic heterocycles. The number of hydrogen-bond donors (Lipinski definition) is 2. The Kier molecular flexibility index (Phi) is 4.68. The van der Waals surface area contributed by atoms with E-state index in [0.717, 1.165) is 6.54 Å². The van der Waals surface area contributed by atoms with Gasteiger partial charge in [-0.05, 0) is 27.7 Å². The molecule has 0 saturated carbocycles. The minimum Gasteiger partial charge on any atom is -0.444 e. The van der Waals surface area contributed by atoms with Gasteiger partial charge in [0.2, 0.25) is 0 Å². The minimum atomic E-state index is -0.412. The summed E-state index contributed by atoms with van der Waals surface area (Å²) in [6, 6.07) is 0.572. The second kappa shape index (κ2) is 4.84. The third kappa shape index (κ3) is 4.15. The molecule has 2 N–H and O–H groups in total. The van der Waals surface area contributed by atoms with E-state index in [1.54, 1.807) is 0 Å². The summed E-state index contributed by atoms with van der Waals surface area (Å²) in [4.78, 5) is 11.2. The first-order valence-electron chi connectivity index (χ1n) is 4.61. The highest BCUT2D eigenvalue weighted by Crippen LogP contribution is 2.08. The van der Waals surface area contributed by atoms with Crippen LogP contribution in [0.1, 0.15) is 27.7 Å². The first-order valence-corrected chi connectivity index (χ1v) is 4.61. The molecule has 0 aromatic rings. The molecule has 5 heteroatoms. The van der Waals surface area contributed by atoms with E-state index in [-0.39, 0.29) is 24.5 Å². The Hall–Kier alpha value is -0.480. The molecule has 1 amide bonds. The molecular formula is C9H19ClN2O2. The third-order valence-electron chi connectivity index (χ3n) is 1.97. The summed E-state index contributed by atoms with van der Waals surface area (Å²) in [5.41, 5.74) is -0.412. The zero-order valence-electron chi connectivity index (χ0n) is 9.09. The summed E-state index contributed by atoms with van der Waals surface area (Å²) in [7, 11) is 0. The Morgan fingerprint density at radius 3 is 2.36 bits per heavy atom. The molecule has 1 aliphatic heterocycles. The van der Waals surface area contributed by atoms with Crippen LogP contribution in [0.25, 0.3) is 0 Å². The number of hydrogen-bond acceptors (Lipinski definition) is 3. The van der Waals surface area contributed by atoms with Gasteiger partial charge in [-0.2, -0.15) is 0 Å². The van der Waals surface area contributed by atoms with Crippen molar-refractivity contribution in [1.82, 2.24) is 10.6 Å². The van der Waals surface area contributed by atoms with Crippen LogP contribution in [-0.2, 0) is 4.74 Å². The molecule has 84 valence electrons. The van der Waals surface area contributed by atoms with Crippen LogP contribution in [0.5, 0.6) is 0 Å². The number of carbonyl (C=O) groups is 1. The third-order valence-corrected chi connectivity index (χ3v) is 1.97. The maximum Gasteiger partial charge on any atom is 0.407 e. The number of alkyl carbamates (subject to hydrolysis) is 1. The van der Waals surface area contributed by atoms with E-state index in [1.165, 1.54) is 0 Å². The predicted molar refractivity (Wildman–Crippen MR) is 57.9 cm³/mol. The summed E-state index contributed by atoms with van der Waals surface area (Å²) in [6.45, 7) is 8.44. The van der Waals surface area contributed by atoms with Gasteiger partial charge < -0.3 is 15.4 Å². The van der Waals surface area contributed by atoms with Crippen molar-refractivity contribution in [2.45, 2.75) is 45.4 Å². The van der Waals surface area contributed by atoms with Gasteiger partial charge in [0, 0.05) is 12.6 Å². The standard InChI is InChI=1S/C9H18N2O2.ClH/c1-6-7(5-10-6)11-8(12)13-9(2,3)4;/h6-7,10H,5H2,1-4H3,(H,11,12);1H. The second-order valence-corrected chi connectivity index (χ2v) is 4.45. The van der Waals surface area contributed by atoms with Crippen molar-refractivity contribution < 1.29 is 9.53 Å². The second-order valence-electron chi connectivity index (χ2n) is 4.45. The maximum absolute atomic E-state index is 11.2. The molecule has 1 heterocycles.